The van der Waals surface area contributed by atoms with Gasteiger partial charge in [0, 0.05) is 76.1 Å². The molecule has 8 heteroatoms. The molecule has 2 amide bonds. The summed E-state index contributed by atoms with van der Waals surface area (Å²) in [6.45, 7) is 7.39. The zero-order chi connectivity index (χ0) is 17.9. The highest BCUT2D eigenvalue weighted by Crippen LogP contribution is 2.24. The fraction of sp³-hybridized carbons (Fsp3) is 0.684. The predicted octanol–water partition coefficient (Wildman–Crippen LogP) is 1.34. The van der Waals surface area contributed by atoms with E-state index in [1.54, 1.807) is 11.3 Å². The van der Waals surface area contributed by atoms with Crippen molar-refractivity contribution in [1.82, 2.24) is 20.0 Å². The summed E-state index contributed by atoms with van der Waals surface area (Å²) >= 11 is 1.78. The third-order valence-corrected chi connectivity index (χ3v) is 6.92. The van der Waals surface area contributed by atoms with Crippen molar-refractivity contribution in [3.8, 4) is 0 Å². The molecular formula is C19H29ClN4O2S. The van der Waals surface area contributed by atoms with Crippen molar-refractivity contribution in [3.05, 3.63) is 21.9 Å². The van der Waals surface area contributed by atoms with Crippen LogP contribution in [0.3, 0.4) is 0 Å². The van der Waals surface area contributed by atoms with E-state index >= 15 is 0 Å². The van der Waals surface area contributed by atoms with Gasteiger partial charge in [-0.25, -0.2) is 0 Å². The van der Waals surface area contributed by atoms with Crippen LogP contribution in [0.1, 0.15) is 29.7 Å². The van der Waals surface area contributed by atoms with Gasteiger partial charge in [-0.05, 0) is 29.9 Å². The molecule has 0 aromatic carbocycles. The van der Waals surface area contributed by atoms with E-state index in [0.717, 1.165) is 58.7 Å². The number of carbonyl (C=O) groups is 2. The third kappa shape index (κ3) is 4.83. The number of fused-ring (bicyclic) bond motifs is 1. The van der Waals surface area contributed by atoms with Gasteiger partial charge in [-0.1, -0.05) is 0 Å². The van der Waals surface area contributed by atoms with Crippen molar-refractivity contribution < 1.29 is 9.59 Å². The van der Waals surface area contributed by atoms with E-state index in [0.29, 0.717) is 25.4 Å². The van der Waals surface area contributed by atoms with Crippen LogP contribution in [0.15, 0.2) is 11.4 Å². The molecule has 150 valence electrons. The molecule has 0 radical (unpaired) electrons. The second kappa shape index (κ2) is 9.37. The summed E-state index contributed by atoms with van der Waals surface area (Å²) < 4.78 is 0. The van der Waals surface area contributed by atoms with Crippen LogP contribution in [0.2, 0.25) is 0 Å². The highest BCUT2D eigenvalue weighted by atomic mass is 35.5. The first-order chi connectivity index (χ1) is 12.7. The van der Waals surface area contributed by atoms with Gasteiger partial charge in [0.25, 0.3) is 0 Å². The molecule has 1 atom stereocenters. The molecule has 0 saturated carbocycles. The van der Waals surface area contributed by atoms with E-state index in [4.69, 9.17) is 0 Å². The Labute approximate surface area is 171 Å². The van der Waals surface area contributed by atoms with E-state index in [-0.39, 0.29) is 24.2 Å². The standard InChI is InChI=1S/C19H28N4O2S.ClH/c24-18(22-9-4-17-15(13-22)5-12-26-17)1-2-19(25)23-8-3-16(14-23)21-10-6-20-7-11-21;/h5,12,16,20H,1-4,6-11,13-14H2;1H. The highest BCUT2D eigenvalue weighted by molar-refractivity contribution is 7.10. The average molecular weight is 413 g/mol. The summed E-state index contributed by atoms with van der Waals surface area (Å²) in [6, 6.07) is 2.61. The minimum Gasteiger partial charge on any atom is -0.341 e. The summed E-state index contributed by atoms with van der Waals surface area (Å²) in [5.41, 5.74) is 1.28. The Morgan fingerprint density at radius 3 is 2.59 bits per heavy atom. The minimum absolute atomic E-state index is 0. The topological polar surface area (TPSA) is 55.9 Å². The van der Waals surface area contributed by atoms with E-state index in [2.05, 4.69) is 21.7 Å². The van der Waals surface area contributed by atoms with Crippen molar-refractivity contribution in [3.63, 3.8) is 0 Å². The molecule has 0 spiro atoms. The molecule has 3 aliphatic heterocycles. The number of nitrogens with zero attached hydrogens (tertiary/aromatic N) is 3. The van der Waals surface area contributed by atoms with Crippen LogP contribution < -0.4 is 5.32 Å². The molecule has 1 unspecified atom stereocenters. The lowest BCUT2D eigenvalue weighted by Crippen LogP contribution is -2.49. The molecule has 1 aromatic rings. The average Bonchev–Trinajstić information content (AvgIpc) is 3.35. The number of thiophene rings is 1. The summed E-state index contributed by atoms with van der Waals surface area (Å²) in [5, 5.41) is 5.48. The van der Waals surface area contributed by atoms with Crippen LogP contribution in [0, 0.1) is 0 Å². The Hall–Kier alpha value is -1.15. The van der Waals surface area contributed by atoms with Crippen molar-refractivity contribution >= 4 is 35.6 Å². The van der Waals surface area contributed by atoms with Crippen molar-refractivity contribution in [2.45, 2.75) is 38.3 Å². The van der Waals surface area contributed by atoms with Crippen LogP contribution in [-0.2, 0) is 22.6 Å². The third-order valence-electron chi connectivity index (χ3n) is 5.90. The van der Waals surface area contributed by atoms with Gasteiger partial charge < -0.3 is 15.1 Å². The van der Waals surface area contributed by atoms with Crippen LogP contribution in [0.5, 0.6) is 0 Å². The molecule has 0 aliphatic carbocycles. The second-order valence-corrected chi connectivity index (χ2v) is 8.50. The highest BCUT2D eigenvalue weighted by Gasteiger charge is 2.31. The largest absolute Gasteiger partial charge is 0.341 e. The Morgan fingerprint density at radius 2 is 1.81 bits per heavy atom. The van der Waals surface area contributed by atoms with E-state index < -0.39 is 0 Å². The minimum atomic E-state index is 0. The second-order valence-electron chi connectivity index (χ2n) is 7.50. The number of carbonyl (C=O) groups excluding carboxylic acids is 2. The van der Waals surface area contributed by atoms with E-state index in [9.17, 15) is 9.59 Å². The molecule has 6 nitrogen and oxygen atoms in total. The van der Waals surface area contributed by atoms with Crippen LogP contribution >= 0.6 is 23.7 Å². The quantitative estimate of drug-likeness (QED) is 0.810. The maximum Gasteiger partial charge on any atom is 0.223 e. The molecule has 4 rings (SSSR count). The predicted molar refractivity (Wildman–Crippen MR) is 109 cm³/mol. The smallest absolute Gasteiger partial charge is 0.223 e. The lowest BCUT2D eigenvalue weighted by atomic mass is 10.1. The van der Waals surface area contributed by atoms with E-state index in [1.165, 1.54) is 10.4 Å². The number of nitrogens with one attached hydrogen (secondary N) is 1. The van der Waals surface area contributed by atoms with Crippen molar-refractivity contribution in [2.75, 3.05) is 45.8 Å². The summed E-state index contributed by atoms with van der Waals surface area (Å²) in [6.07, 6.45) is 2.70. The fourth-order valence-corrected chi connectivity index (χ4v) is 5.19. The Bertz CT molecular complexity index is 662. The van der Waals surface area contributed by atoms with Crippen LogP contribution in [0.25, 0.3) is 0 Å². The van der Waals surface area contributed by atoms with Gasteiger partial charge in [-0.3, -0.25) is 14.5 Å². The van der Waals surface area contributed by atoms with Crippen molar-refractivity contribution in [1.29, 1.82) is 0 Å². The SMILES string of the molecule is Cl.O=C(CCC(=O)N1CCC(N2CCNCC2)C1)N1CCc2sccc2C1. The van der Waals surface area contributed by atoms with E-state index in [1.807, 2.05) is 9.80 Å². The van der Waals surface area contributed by atoms with Gasteiger partial charge >= 0.3 is 0 Å². The zero-order valence-corrected chi connectivity index (χ0v) is 17.3. The monoisotopic (exact) mass is 412 g/mol. The molecule has 1 aromatic heterocycles. The molecule has 27 heavy (non-hydrogen) atoms. The number of piperazine rings is 1. The Morgan fingerprint density at radius 1 is 1.07 bits per heavy atom. The number of hydrogen-bond acceptors (Lipinski definition) is 5. The number of rotatable bonds is 4. The Kier molecular flexibility index (Phi) is 7.14. The molecule has 3 aliphatic rings. The Balaban J connectivity index is 0.00000210. The van der Waals surface area contributed by atoms with Gasteiger partial charge in [0.15, 0.2) is 0 Å². The van der Waals surface area contributed by atoms with Gasteiger partial charge in [0.2, 0.25) is 11.8 Å². The molecule has 2 fully saturated rings. The number of likely N-dealkylation sites (tertiary alicyclic amines) is 1. The summed E-state index contributed by atoms with van der Waals surface area (Å²) in [5.74, 6) is 0.261. The van der Waals surface area contributed by atoms with Crippen molar-refractivity contribution in [2.24, 2.45) is 0 Å². The normalized spacial score (nSPS) is 23.0. The summed E-state index contributed by atoms with van der Waals surface area (Å²) in [4.78, 5) is 32.8. The number of hydrogen-bond donors (Lipinski definition) is 1. The first-order valence-electron chi connectivity index (χ1n) is 9.76. The lowest BCUT2D eigenvalue weighted by molar-refractivity contribution is -0.137. The summed E-state index contributed by atoms with van der Waals surface area (Å²) in [7, 11) is 0. The molecule has 4 heterocycles. The number of amides is 2. The van der Waals surface area contributed by atoms with Gasteiger partial charge in [0.1, 0.15) is 0 Å². The fourth-order valence-electron chi connectivity index (χ4n) is 4.31. The molecular weight excluding hydrogens is 384 g/mol. The maximum atomic E-state index is 12.5. The lowest BCUT2D eigenvalue weighted by Gasteiger charge is -2.32. The first-order valence-corrected chi connectivity index (χ1v) is 10.6. The number of halogens is 1. The van der Waals surface area contributed by atoms with Gasteiger partial charge in [-0.2, -0.15) is 0 Å². The molecule has 2 saturated heterocycles. The molecule has 0 bridgehead atoms. The first kappa shape index (κ1) is 20.6. The van der Waals surface area contributed by atoms with Crippen LogP contribution in [-0.4, -0.2) is 78.4 Å². The van der Waals surface area contributed by atoms with Crippen LogP contribution in [0.4, 0.5) is 0 Å². The van der Waals surface area contributed by atoms with Gasteiger partial charge in [-0.15, -0.1) is 23.7 Å². The molecule has 1 N–H and O–H groups in total. The zero-order valence-electron chi connectivity index (χ0n) is 15.7. The van der Waals surface area contributed by atoms with Gasteiger partial charge in [0.05, 0.1) is 0 Å². The maximum absolute atomic E-state index is 12.5.